The number of hydrogen-bond acceptors (Lipinski definition) is 5. The number of benzene rings is 1. The second kappa shape index (κ2) is 15.5. The summed E-state index contributed by atoms with van der Waals surface area (Å²) in [7, 11) is -5.58. The van der Waals surface area contributed by atoms with Crippen molar-refractivity contribution in [3.63, 3.8) is 0 Å². The Hall–Kier alpha value is -3.33. The van der Waals surface area contributed by atoms with Gasteiger partial charge in [-0.15, -0.1) is 0 Å². The van der Waals surface area contributed by atoms with Gasteiger partial charge in [0, 0.05) is 19.6 Å². The zero-order valence-corrected chi connectivity index (χ0v) is 28.5. The van der Waals surface area contributed by atoms with E-state index in [4.69, 9.17) is 4.74 Å². The lowest BCUT2D eigenvalue weighted by Crippen LogP contribution is -2.76. The van der Waals surface area contributed by atoms with Crippen molar-refractivity contribution in [3.8, 4) is 0 Å². The number of nitrogens with one attached hydrogen (secondary N) is 2. The largest absolute Gasteiger partial charge is 0.460 e. The Balaban J connectivity index is 2.20. The van der Waals surface area contributed by atoms with Crippen molar-refractivity contribution >= 4 is 15.9 Å². The molecule has 0 saturated carbocycles. The van der Waals surface area contributed by atoms with Gasteiger partial charge in [-0.2, -0.15) is 119 Å². The number of sulfonamides is 1. The number of ether oxygens (including phenoxy) is 1. The molecular formula is C26H17F27N2O4S. The molecule has 1 amide bonds. The molecule has 0 bridgehead atoms. The quantitative estimate of drug-likeness (QED) is 0.128. The van der Waals surface area contributed by atoms with Crippen LogP contribution in [0.3, 0.4) is 0 Å². The summed E-state index contributed by atoms with van der Waals surface area (Å²) in [6.07, 6.45) is -26.5. The molecule has 2 atom stereocenters. The summed E-state index contributed by atoms with van der Waals surface area (Å²) in [4.78, 5) is 10.6. The standard InChI is InChI=1S/C26H17F27N2O4S/c27-15(28,18(35,36)19(37,38)20(39,40)21(41,42)22(43,44)23(45,46)24(47,48)25(49,50)26(51,52)53)2-1-3-59-11-7-13(54-8-11)14(56)55-60(57,58)12-5-9(16(29,30)31)4-10(6-12)17(32,33)34/h4-6,11,13,54H,1-3,7-8H2,(H,55,56)/t11-,13+/m1/s1. The molecule has 2 N–H and O–H groups in total. The Labute approximate surface area is 313 Å². The molecule has 6 nitrogen and oxygen atoms in total. The van der Waals surface area contributed by atoms with Gasteiger partial charge >= 0.3 is 71.8 Å². The lowest BCUT2D eigenvalue weighted by Gasteiger charge is -2.44. The topological polar surface area (TPSA) is 84.5 Å². The summed E-state index contributed by atoms with van der Waals surface area (Å²) in [5.41, 5.74) is -4.30. The van der Waals surface area contributed by atoms with Gasteiger partial charge in [0.15, 0.2) is 0 Å². The SMILES string of the molecule is O=C(NS(=O)(=O)c1cc(C(F)(F)F)cc(C(F)(F)F)c1)[C@@H]1C[C@@H](OCCCC(F)(F)C(F)(F)C(F)(F)C(F)(F)C(F)(F)C(F)(F)C(F)(F)C(F)(F)C(F)(F)C(F)(F)F)CN1. The van der Waals surface area contributed by atoms with Crippen molar-refractivity contribution in [2.75, 3.05) is 13.2 Å². The van der Waals surface area contributed by atoms with E-state index in [0.717, 1.165) is 4.72 Å². The van der Waals surface area contributed by atoms with Gasteiger partial charge in [0.1, 0.15) is 0 Å². The normalized spacial score (nSPS) is 19.2. The van der Waals surface area contributed by atoms with E-state index in [1.807, 2.05) is 0 Å². The molecule has 1 aromatic carbocycles. The molecule has 2 rings (SSSR count). The van der Waals surface area contributed by atoms with Crippen molar-refractivity contribution in [1.29, 1.82) is 0 Å². The maximum atomic E-state index is 14.2. The first-order valence-electron chi connectivity index (χ1n) is 14.8. The van der Waals surface area contributed by atoms with Crippen LogP contribution in [0, 0.1) is 0 Å². The van der Waals surface area contributed by atoms with Gasteiger partial charge in [-0.05, 0) is 31.0 Å². The van der Waals surface area contributed by atoms with Crippen LogP contribution >= 0.6 is 0 Å². The van der Waals surface area contributed by atoms with Crippen LogP contribution in [0.2, 0.25) is 0 Å². The first-order valence-corrected chi connectivity index (χ1v) is 16.3. The molecule has 0 aromatic heterocycles. The van der Waals surface area contributed by atoms with Crippen molar-refractivity contribution in [2.24, 2.45) is 0 Å². The summed E-state index contributed by atoms with van der Waals surface area (Å²) < 4.78 is 393. The second-order valence-electron chi connectivity index (χ2n) is 12.3. The van der Waals surface area contributed by atoms with Crippen LogP contribution in [0.1, 0.15) is 30.4 Å². The monoisotopic (exact) mass is 966 g/mol. The molecular weight excluding hydrogens is 949 g/mol. The molecule has 1 aromatic rings. The van der Waals surface area contributed by atoms with E-state index in [9.17, 15) is 132 Å². The van der Waals surface area contributed by atoms with Gasteiger partial charge in [0.2, 0.25) is 0 Å². The maximum Gasteiger partial charge on any atom is 0.460 e. The van der Waals surface area contributed by atoms with Gasteiger partial charge < -0.3 is 10.1 Å². The molecule has 1 aliphatic rings. The van der Waals surface area contributed by atoms with Gasteiger partial charge in [-0.3, -0.25) is 4.79 Å². The number of rotatable bonds is 16. The van der Waals surface area contributed by atoms with Crippen LogP contribution in [0.15, 0.2) is 23.1 Å². The Bertz CT molecular complexity index is 1800. The molecule has 350 valence electrons. The van der Waals surface area contributed by atoms with Crippen LogP contribution in [0.5, 0.6) is 0 Å². The molecule has 1 heterocycles. The van der Waals surface area contributed by atoms with Crippen LogP contribution < -0.4 is 10.0 Å². The molecule has 34 heteroatoms. The average Bonchev–Trinajstić information content (AvgIpc) is 3.53. The molecule has 0 spiro atoms. The summed E-state index contributed by atoms with van der Waals surface area (Å²) in [6, 6.07) is -2.99. The first kappa shape index (κ1) is 52.8. The Morgan fingerprint density at radius 2 is 0.950 bits per heavy atom. The van der Waals surface area contributed by atoms with Crippen molar-refractivity contribution in [1.82, 2.24) is 10.0 Å². The third kappa shape index (κ3) is 8.81. The molecule has 60 heavy (non-hydrogen) atoms. The zero-order chi connectivity index (χ0) is 47.7. The van der Waals surface area contributed by atoms with E-state index in [-0.39, 0.29) is 12.1 Å². The lowest BCUT2D eigenvalue weighted by atomic mass is 9.85. The third-order valence-corrected chi connectivity index (χ3v) is 9.40. The predicted molar refractivity (Wildman–Crippen MR) is 138 cm³/mol. The van der Waals surface area contributed by atoms with E-state index in [2.05, 4.69) is 5.32 Å². The minimum atomic E-state index is -9.33. The van der Waals surface area contributed by atoms with E-state index >= 15 is 0 Å². The predicted octanol–water partition coefficient (Wildman–Crippen LogP) is 9.34. The molecule has 1 aliphatic heterocycles. The Kier molecular flexibility index (Phi) is 13.6. The van der Waals surface area contributed by atoms with Gasteiger partial charge in [-0.1, -0.05) is 0 Å². The highest BCUT2D eigenvalue weighted by Crippen LogP contribution is 2.66. The van der Waals surface area contributed by atoms with E-state index in [1.54, 1.807) is 0 Å². The highest BCUT2D eigenvalue weighted by atomic mass is 32.2. The minimum Gasteiger partial charge on any atom is -0.377 e. The minimum absolute atomic E-state index is 0.317. The van der Waals surface area contributed by atoms with Crippen LogP contribution in [0.4, 0.5) is 119 Å². The fourth-order valence-corrected chi connectivity index (χ4v) is 5.76. The van der Waals surface area contributed by atoms with Gasteiger partial charge in [-0.25, -0.2) is 13.1 Å². The van der Waals surface area contributed by atoms with Gasteiger partial charge in [0.05, 0.1) is 28.2 Å². The van der Waals surface area contributed by atoms with Gasteiger partial charge in [0.25, 0.3) is 15.9 Å². The third-order valence-electron chi connectivity index (χ3n) is 8.08. The van der Waals surface area contributed by atoms with Crippen molar-refractivity contribution < 1.29 is 136 Å². The summed E-state index contributed by atoms with van der Waals surface area (Å²) >= 11 is 0. The molecule has 0 unspecified atom stereocenters. The summed E-state index contributed by atoms with van der Waals surface area (Å²) in [5.74, 6) is -80.2. The summed E-state index contributed by atoms with van der Waals surface area (Å²) in [6.45, 7) is -2.21. The lowest BCUT2D eigenvalue weighted by molar-refractivity contribution is -0.474. The number of carbonyl (C=O) groups excluding carboxylic acids is 1. The molecule has 1 fully saturated rings. The number of halogens is 27. The van der Waals surface area contributed by atoms with Crippen LogP contribution in [-0.4, -0.2) is 99.1 Å². The highest BCUT2D eigenvalue weighted by Gasteiger charge is 2.97. The van der Waals surface area contributed by atoms with Crippen LogP contribution in [0.25, 0.3) is 0 Å². The first-order chi connectivity index (χ1) is 26.1. The second-order valence-corrected chi connectivity index (χ2v) is 14.0. The van der Waals surface area contributed by atoms with E-state index in [0.29, 0.717) is 0 Å². The number of carbonyl (C=O) groups is 1. The average molecular weight is 966 g/mol. The van der Waals surface area contributed by atoms with Crippen molar-refractivity contribution in [3.05, 3.63) is 29.3 Å². The number of alkyl halides is 27. The smallest absolute Gasteiger partial charge is 0.377 e. The number of amides is 1. The highest BCUT2D eigenvalue weighted by molar-refractivity contribution is 7.90. The van der Waals surface area contributed by atoms with E-state index in [1.165, 1.54) is 0 Å². The Morgan fingerprint density at radius 1 is 0.583 bits per heavy atom. The molecule has 0 aliphatic carbocycles. The maximum absolute atomic E-state index is 14.2. The number of hydrogen-bond donors (Lipinski definition) is 2. The Morgan fingerprint density at radius 3 is 1.32 bits per heavy atom. The molecule has 0 radical (unpaired) electrons. The van der Waals surface area contributed by atoms with Crippen LogP contribution in [-0.2, 0) is 31.9 Å². The molecule has 1 saturated heterocycles. The zero-order valence-electron chi connectivity index (χ0n) is 27.7. The fourth-order valence-electron chi connectivity index (χ4n) is 4.67. The van der Waals surface area contributed by atoms with Crippen molar-refractivity contribution in [2.45, 2.75) is 108 Å². The fraction of sp³-hybridized carbons (Fsp3) is 0.731. The summed E-state index contributed by atoms with van der Waals surface area (Å²) in [5, 5.41) is 2.09. The van der Waals surface area contributed by atoms with E-state index < -0.39 is 154 Å².